The quantitative estimate of drug-likeness (QED) is 0.757. The van der Waals surface area contributed by atoms with Crippen LogP contribution in [-0.4, -0.2) is 26.8 Å². The summed E-state index contributed by atoms with van der Waals surface area (Å²) in [7, 11) is 0. The van der Waals surface area contributed by atoms with E-state index in [2.05, 4.69) is 15.1 Å². The highest BCUT2D eigenvalue weighted by Crippen LogP contribution is 2.23. The van der Waals surface area contributed by atoms with Gasteiger partial charge in [-0.15, -0.1) is 0 Å². The molecular weight excluding hydrogens is 230 g/mol. The first-order valence-corrected chi connectivity index (χ1v) is 5.66. The first-order valence-electron chi connectivity index (χ1n) is 5.66. The zero-order valence-corrected chi connectivity index (χ0v) is 9.58. The molecule has 1 aromatic carbocycles. The van der Waals surface area contributed by atoms with Gasteiger partial charge in [-0.05, 0) is 11.5 Å². The van der Waals surface area contributed by atoms with Gasteiger partial charge in [-0.2, -0.15) is 4.98 Å². The summed E-state index contributed by atoms with van der Waals surface area (Å²) in [5.74, 6) is 0.873. The van der Waals surface area contributed by atoms with E-state index >= 15 is 0 Å². The van der Waals surface area contributed by atoms with E-state index in [9.17, 15) is 0 Å². The highest BCUT2D eigenvalue weighted by atomic mass is 16.5. The van der Waals surface area contributed by atoms with Crippen molar-refractivity contribution < 1.29 is 9.63 Å². The van der Waals surface area contributed by atoms with Crippen LogP contribution in [0.5, 0.6) is 0 Å². The van der Waals surface area contributed by atoms with E-state index in [4.69, 9.17) is 9.63 Å². The number of rotatable bonds is 3. The van der Waals surface area contributed by atoms with Gasteiger partial charge in [-0.25, -0.2) is 0 Å². The molecule has 90 valence electrons. The van der Waals surface area contributed by atoms with Crippen LogP contribution in [0.4, 0.5) is 0 Å². The van der Waals surface area contributed by atoms with Crippen LogP contribution in [0.15, 0.2) is 41.1 Å². The molecule has 1 N–H and O–H groups in total. The van der Waals surface area contributed by atoms with Crippen LogP contribution in [0.25, 0.3) is 22.3 Å². The standard InChI is InChI=1S/C13H11N3O2/c17-8-6-11-15-13(16-18-11)12-10-4-2-1-3-9(10)5-7-14-12/h1-5,7,17H,6,8H2. The van der Waals surface area contributed by atoms with Gasteiger partial charge in [0.1, 0.15) is 5.69 Å². The predicted molar refractivity (Wildman–Crippen MR) is 65.8 cm³/mol. The minimum absolute atomic E-state index is 0.00933. The second kappa shape index (κ2) is 4.54. The molecule has 0 bridgehead atoms. The fraction of sp³-hybridized carbons (Fsp3) is 0.154. The number of aromatic nitrogens is 3. The van der Waals surface area contributed by atoms with Crippen LogP contribution in [0.1, 0.15) is 5.89 Å². The van der Waals surface area contributed by atoms with E-state index in [1.807, 2.05) is 30.3 Å². The molecule has 0 aliphatic carbocycles. The lowest BCUT2D eigenvalue weighted by Crippen LogP contribution is -1.91. The fourth-order valence-electron chi connectivity index (χ4n) is 1.85. The topological polar surface area (TPSA) is 72.0 Å². The molecule has 0 fully saturated rings. The summed E-state index contributed by atoms with van der Waals surface area (Å²) in [6, 6.07) is 9.84. The number of benzene rings is 1. The maximum Gasteiger partial charge on any atom is 0.229 e. The Balaban J connectivity index is 2.12. The molecule has 0 spiro atoms. The van der Waals surface area contributed by atoms with Gasteiger partial charge >= 0.3 is 0 Å². The van der Waals surface area contributed by atoms with Gasteiger partial charge in [0.15, 0.2) is 0 Å². The number of hydrogen-bond acceptors (Lipinski definition) is 5. The summed E-state index contributed by atoms with van der Waals surface area (Å²) in [6.45, 7) is -0.00933. The number of aliphatic hydroxyl groups is 1. The first kappa shape index (κ1) is 10.9. The van der Waals surface area contributed by atoms with Crippen molar-refractivity contribution in [1.82, 2.24) is 15.1 Å². The van der Waals surface area contributed by atoms with Gasteiger partial charge < -0.3 is 9.63 Å². The van der Waals surface area contributed by atoms with Crippen molar-refractivity contribution in [3.8, 4) is 11.5 Å². The zero-order chi connectivity index (χ0) is 12.4. The maximum absolute atomic E-state index is 8.83. The first-order chi connectivity index (χ1) is 8.88. The third-order valence-corrected chi connectivity index (χ3v) is 2.68. The van der Waals surface area contributed by atoms with E-state index < -0.39 is 0 Å². The molecule has 0 saturated heterocycles. The van der Waals surface area contributed by atoms with Crippen molar-refractivity contribution in [3.63, 3.8) is 0 Å². The Kier molecular flexibility index (Phi) is 2.74. The number of pyridine rings is 1. The Hall–Kier alpha value is -2.27. The Morgan fingerprint density at radius 2 is 2.06 bits per heavy atom. The Morgan fingerprint density at radius 3 is 2.94 bits per heavy atom. The molecule has 5 heteroatoms. The Morgan fingerprint density at radius 1 is 1.17 bits per heavy atom. The average molecular weight is 241 g/mol. The van der Waals surface area contributed by atoms with Crippen molar-refractivity contribution >= 4 is 10.8 Å². The summed E-state index contributed by atoms with van der Waals surface area (Å²) in [4.78, 5) is 8.52. The van der Waals surface area contributed by atoms with Gasteiger partial charge in [0.05, 0.1) is 13.0 Å². The Bertz CT molecular complexity index is 673. The van der Waals surface area contributed by atoms with Crippen molar-refractivity contribution in [1.29, 1.82) is 0 Å². The molecule has 0 amide bonds. The molecule has 18 heavy (non-hydrogen) atoms. The van der Waals surface area contributed by atoms with E-state index in [-0.39, 0.29) is 6.61 Å². The number of aliphatic hydroxyl groups excluding tert-OH is 1. The van der Waals surface area contributed by atoms with Crippen LogP contribution >= 0.6 is 0 Å². The van der Waals surface area contributed by atoms with Crippen molar-refractivity contribution in [2.75, 3.05) is 6.61 Å². The van der Waals surface area contributed by atoms with Crippen LogP contribution in [0.2, 0.25) is 0 Å². The molecule has 0 unspecified atom stereocenters. The normalized spacial score (nSPS) is 10.9. The summed E-state index contributed by atoms with van der Waals surface area (Å²) in [5.41, 5.74) is 0.695. The minimum Gasteiger partial charge on any atom is -0.396 e. The molecule has 0 radical (unpaired) electrons. The fourth-order valence-corrected chi connectivity index (χ4v) is 1.85. The van der Waals surface area contributed by atoms with E-state index in [1.54, 1.807) is 6.20 Å². The summed E-state index contributed by atoms with van der Waals surface area (Å²) in [5, 5.41) is 14.8. The minimum atomic E-state index is -0.00933. The summed E-state index contributed by atoms with van der Waals surface area (Å²) in [6.07, 6.45) is 2.08. The Labute approximate surface area is 103 Å². The molecule has 0 atom stereocenters. The van der Waals surface area contributed by atoms with Crippen molar-refractivity contribution in [2.45, 2.75) is 6.42 Å². The smallest absolute Gasteiger partial charge is 0.229 e. The van der Waals surface area contributed by atoms with Gasteiger partial charge in [0, 0.05) is 11.6 Å². The predicted octanol–water partition coefficient (Wildman–Crippen LogP) is 1.82. The second-order valence-corrected chi connectivity index (χ2v) is 3.87. The molecule has 3 aromatic rings. The largest absolute Gasteiger partial charge is 0.396 e. The van der Waals surface area contributed by atoms with E-state index in [0.717, 1.165) is 10.8 Å². The lowest BCUT2D eigenvalue weighted by atomic mass is 10.1. The van der Waals surface area contributed by atoms with E-state index in [1.165, 1.54) is 0 Å². The van der Waals surface area contributed by atoms with Crippen molar-refractivity contribution in [2.24, 2.45) is 0 Å². The molecular formula is C13H11N3O2. The lowest BCUT2D eigenvalue weighted by molar-refractivity contribution is 0.274. The molecule has 2 heterocycles. The van der Waals surface area contributed by atoms with Gasteiger partial charge in [-0.1, -0.05) is 29.4 Å². The third kappa shape index (κ3) is 1.84. The number of fused-ring (bicyclic) bond motifs is 1. The molecule has 0 saturated carbocycles. The lowest BCUT2D eigenvalue weighted by Gasteiger charge is -2.00. The van der Waals surface area contributed by atoms with E-state index in [0.29, 0.717) is 23.8 Å². The van der Waals surface area contributed by atoms with Gasteiger partial charge in [0.2, 0.25) is 11.7 Å². The highest BCUT2D eigenvalue weighted by molar-refractivity contribution is 5.92. The maximum atomic E-state index is 8.83. The van der Waals surface area contributed by atoms with Crippen LogP contribution < -0.4 is 0 Å². The van der Waals surface area contributed by atoms with Crippen LogP contribution in [0.3, 0.4) is 0 Å². The second-order valence-electron chi connectivity index (χ2n) is 3.87. The zero-order valence-electron chi connectivity index (χ0n) is 9.58. The van der Waals surface area contributed by atoms with Crippen LogP contribution in [0, 0.1) is 0 Å². The van der Waals surface area contributed by atoms with Crippen LogP contribution in [-0.2, 0) is 6.42 Å². The molecule has 0 aliphatic rings. The molecule has 0 aliphatic heterocycles. The average Bonchev–Trinajstić information content (AvgIpc) is 2.87. The summed E-state index contributed by atoms with van der Waals surface area (Å²) < 4.78 is 5.05. The molecule has 2 aromatic heterocycles. The number of nitrogens with zero attached hydrogens (tertiary/aromatic N) is 3. The van der Waals surface area contributed by atoms with Crippen molar-refractivity contribution in [3.05, 3.63) is 42.4 Å². The molecule has 5 nitrogen and oxygen atoms in total. The third-order valence-electron chi connectivity index (χ3n) is 2.68. The SMILES string of the molecule is OCCc1nc(-c2nccc3ccccc23)no1. The molecule has 3 rings (SSSR count). The monoisotopic (exact) mass is 241 g/mol. The van der Waals surface area contributed by atoms with Gasteiger partial charge in [0.25, 0.3) is 0 Å². The summed E-state index contributed by atoms with van der Waals surface area (Å²) >= 11 is 0. The number of hydrogen-bond donors (Lipinski definition) is 1. The van der Waals surface area contributed by atoms with Gasteiger partial charge in [-0.3, -0.25) is 4.98 Å². The highest BCUT2D eigenvalue weighted by Gasteiger charge is 2.12.